The lowest BCUT2D eigenvalue weighted by Crippen LogP contribution is -2.12. The molecule has 0 spiro atoms. The lowest BCUT2D eigenvalue weighted by Gasteiger charge is -2.13. The zero-order valence-corrected chi connectivity index (χ0v) is 16.9. The molecular formula is C22H24N4O3. The van der Waals surface area contributed by atoms with Crippen LogP contribution in [0.25, 0.3) is 0 Å². The number of carbonyl (C=O) groups excluding carboxylic acids is 1. The summed E-state index contributed by atoms with van der Waals surface area (Å²) in [4.78, 5) is 19.0. The number of nitrogens with one attached hydrogen (secondary N) is 2. The third kappa shape index (κ3) is 4.95. The number of pyridine rings is 1. The van der Waals surface area contributed by atoms with E-state index >= 15 is 0 Å². The molecule has 0 saturated carbocycles. The summed E-state index contributed by atoms with van der Waals surface area (Å²) in [5.74, 6) is 1.48. The molecule has 0 atom stereocenters. The van der Waals surface area contributed by atoms with Gasteiger partial charge in [-0.05, 0) is 48.5 Å². The van der Waals surface area contributed by atoms with Crippen molar-refractivity contribution in [3.05, 3.63) is 66.4 Å². The van der Waals surface area contributed by atoms with Crippen LogP contribution in [-0.4, -0.2) is 39.2 Å². The van der Waals surface area contributed by atoms with E-state index in [-0.39, 0.29) is 5.91 Å². The molecule has 1 aromatic heterocycles. The van der Waals surface area contributed by atoms with Crippen LogP contribution in [0.3, 0.4) is 0 Å². The number of benzene rings is 2. The van der Waals surface area contributed by atoms with E-state index in [2.05, 4.69) is 15.6 Å². The fourth-order valence-corrected chi connectivity index (χ4v) is 2.75. The highest BCUT2D eigenvalue weighted by molar-refractivity contribution is 6.04. The molecule has 7 nitrogen and oxygen atoms in total. The van der Waals surface area contributed by atoms with Gasteiger partial charge in [0.1, 0.15) is 5.82 Å². The van der Waals surface area contributed by atoms with Gasteiger partial charge in [-0.1, -0.05) is 0 Å². The largest absolute Gasteiger partial charge is 0.493 e. The molecule has 0 aliphatic rings. The van der Waals surface area contributed by atoms with Gasteiger partial charge in [0.05, 0.1) is 14.2 Å². The van der Waals surface area contributed by atoms with Gasteiger partial charge in [0, 0.05) is 49.0 Å². The van der Waals surface area contributed by atoms with Gasteiger partial charge in [0.2, 0.25) is 0 Å². The molecule has 3 aromatic rings. The summed E-state index contributed by atoms with van der Waals surface area (Å²) in [5, 5.41) is 6.08. The van der Waals surface area contributed by atoms with Crippen molar-refractivity contribution in [2.75, 3.05) is 43.8 Å². The summed E-state index contributed by atoms with van der Waals surface area (Å²) in [6, 6.07) is 16.5. The van der Waals surface area contributed by atoms with E-state index < -0.39 is 0 Å². The third-order valence-corrected chi connectivity index (χ3v) is 4.32. The number of amides is 1. The lowest BCUT2D eigenvalue weighted by molar-refractivity contribution is 0.102. The number of methoxy groups -OCH3 is 2. The fourth-order valence-electron chi connectivity index (χ4n) is 2.75. The second kappa shape index (κ2) is 8.97. The lowest BCUT2D eigenvalue weighted by atomic mass is 10.2. The Bertz CT molecular complexity index is 988. The van der Waals surface area contributed by atoms with Crippen LogP contribution in [0, 0.1) is 0 Å². The average molecular weight is 392 g/mol. The number of hydrogen-bond acceptors (Lipinski definition) is 6. The van der Waals surface area contributed by atoms with Crippen LogP contribution in [0.15, 0.2) is 60.8 Å². The first-order chi connectivity index (χ1) is 14.0. The minimum Gasteiger partial charge on any atom is -0.493 e. The Morgan fingerprint density at radius 2 is 1.59 bits per heavy atom. The highest BCUT2D eigenvalue weighted by Crippen LogP contribution is 2.30. The first kappa shape index (κ1) is 20.0. The van der Waals surface area contributed by atoms with Crippen molar-refractivity contribution in [3.63, 3.8) is 0 Å². The number of anilines is 4. The first-order valence-corrected chi connectivity index (χ1v) is 9.04. The topological polar surface area (TPSA) is 75.7 Å². The number of rotatable bonds is 7. The van der Waals surface area contributed by atoms with Gasteiger partial charge < -0.3 is 25.0 Å². The highest BCUT2D eigenvalue weighted by Gasteiger charge is 2.10. The van der Waals surface area contributed by atoms with Gasteiger partial charge in [-0.3, -0.25) is 4.79 Å². The number of aromatic nitrogens is 1. The third-order valence-electron chi connectivity index (χ3n) is 4.32. The van der Waals surface area contributed by atoms with Gasteiger partial charge in [0.25, 0.3) is 5.91 Å². The normalized spacial score (nSPS) is 10.2. The van der Waals surface area contributed by atoms with Gasteiger partial charge >= 0.3 is 0 Å². The maximum absolute atomic E-state index is 12.6. The number of carbonyl (C=O) groups is 1. The predicted octanol–water partition coefficient (Wildman–Crippen LogP) is 4.16. The average Bonchev–Trinajstić information content (AvgIpc) is 2.74. The molecule has 1 amide bonds. The molecule has 2 N–H and O–H groups in total. The van der Waals surface area contributed by atoms with E-state index in [4.69, 9.17) is 9.47 Å². The van der Waals surface area contributed by atoms with Crippen LogP contribution in [0.5, 0.6) is 11.5 Å². The van der Waals surface area contributed by atoms with Crippen LogP contribution in [0.1, 0.15) is 10.4 Å². The van der Waals surface area contributed by atoms with Crippen molar-refractivity contribution in [2.45, 2.75) is 0 Å². The van der Waals surface area contributed by atoms with Crippen molar-refractivity contribution in [1.29, 1.82) is 0 Å². The van der Waals surface area contributed by atoms with Crippen LogP contribution in [0.4, 0.5) is 22.9 Å². The van der Waals surface area contributed by atoms with Crippen LogP contribution < -0.4 is 25.0 Å². The summed E-state index contributed by atoms with van der Waals surface area (Å²) < 4.78 is 10.5. The fraction of sp³-hybridized carbons (Fsp3) is 0.182. The Morgan fingerprint density at radius 3 is 2.24 bits per heavy atom. The number of ether oxygens (including phenoxy) is 2. The van der Waals surface area contributed by atoms with Gasteiger partial charge in [-0.2, -0.15) is 0 Å². The molecule has 0 fully saturated rings. The molecule has 0 bridgehead atoms. The Morgan fingerprint density at radius 1 is 0.897 bits per heavy atom. The van der Waals surface area contributed by atoms with Crippen LogP contribution in [0.2, 0.25) is 0 Å². The molecular weight excluding hydrogens is 368 g/mol. The number of nitrogens with zero attached hydrogens (tertiary/aromatic N) is 2. The molecule has 0 aliphatic heterocycles. The molecule has 0 aliphatic carbocycles. The highest BCUT2D eigenvalue weighted by atomic mass is 16.5. The molecule has 0 saturated heterocycles. The van der Waals surface area contributed by atoms with Crippen molar-refractivity contribution < 1.29 is 14.3 Å². The standard InChI is InChI=1S/C22H24N4O3/c1-26(2)18-8-5-16(6-9-18)24-21-13-15(11-12-23-21)22(27)25-17-7-10-19(28-3)20(14-17)29-4/h5-14H,1-4H3,(H,23,24)(H,25,27). The van der Waals surface area contributed by atoms with Crippen LogP contribution in [-0.2, 0) is 0 Å². The molecule has 29 heavy (non-hydrogen) atoms. The Hall–Kier alpha value is -3.74. The first-order valence-electron chi connectivity index (χ1n) is 9.04. The maximum atomic E-state index is 12.6. The summed E-state index contributed by atoms with van der Waals surface area (Å²) in [5.41, 5.74) is 3.09. The van der Waals surface area contributed by atoms with E-state index in [0.717, 1.165) is 11.4 Å². The summed E-state index contributed by atoms with van der Waals surface area (Å²) in [7, 11) is 7.10. The van der Waals surface area contributed by atoms with E-state index in [1.807, 2.05) is 43.3 Å². The predicted molar refractivity (Wildman–Crippen MR) is 116 cm³/mol. The molecule has 0 unspecified atom stereocenters. The monoisotopic (exact) mass is 392 g/mol. The molecule has 3 rings (SSSR count). The van der Waals surface area contributed by atoms with Gasteiger partial charge in [-0.15, -0.1) is 0 Å². The minimum atomic E-state index is -0.245. The van der Waals surface area contributed by atoms with E-state index in [1.165, 1.54) is 0 Å². The van der Waals surface area contributed by atoms with E-state index in [1.54, 1.807) is 50.7 Å². The van der Waals surface area contributed by atoms with Crippen molar-refractivity contribution in [1.82, 2.24) is 4.98 Å². The second-order valence-electron chi connectivity index (χ2n) is 6.52. The zero-order valence-electron chi connectivity index (χ0n) is 16.9. The second-order valence-corrected chi connectivity index (χ2v) is 6.52. The molecule has 150 valence electrons. The molecule has 7 heteroatoms. The number of hydrogen-bond donors (Lipinski definition) is 2. The maximum Gasteiger partial charge on any atom is 0.255 e. The van der Waals surface area contributed by atoms with Gasteiger partial charge in [-0.25, -0.2) is 4.98 Å². The van der Waals surface area contributed by atoms with Crippen LogP contribution >= 0.6 is 0 Å². The Kier molecular flexibility index (Phi) is 6.19. The summed E-state index contributed by atoms with van der Waals surface area (Å²) >= 11 is 0. The molecule has 1 heterocycles. The zero-order chi connectivity index (χ0) is 20.8. The molecule has 2 aromatic carbocycles. The van der Waals surface area contributed by atoms with Crippen molar-refractivity contribution >= 4 is 28.8 Å². The quantitative estimate of drug-likeness (QED) is 0.629. The minimum absolute atomic E-state index is 0.245. The van der Waals surface area contributed by atoms with Gasteiger partial charge in [0.15, 0.2) is 11.5 Å². The Balaban J connectivity index is 1.72. The van der Waals surface area contributed by atoms with E-state index in [9.17, 15) is 4.79 Å². The van der Waals surface area contributed by atoms with E-state index in [0.29, 0.717) is 28.6 Å². The Labute approximate surface area is 170 Å². The summed E-state index contributed by atoms with van der Waals surface area (Å²) in [6.07, 6.45) is 1.60. The molecule has 0 radical (unpaired) electrons. The van der Waals surface area contributed by atoms with Crippen molar-refractivity contribution in [3.8, 4) is 11.5 Å². The van der Waals surface area contributed by atoms with Crippen molar-refractivity contribution in [2.24, 2.45) is 0 Å². The SMILES string of the molecule is COc1ccc(NC(=O)c2ccnc(Nc3ccc(N(C)C)cc3)c2)cc1OC. The smallest absolute Gasteiger partial charge is 0.255 e. The summed E-state index contributed by atoms with van der Waals surface area (Å²) in [6.45, 7) is 0.